The molecule has 0 bridgehead atoms. The Balaban J connectivity index is 2.59. The molecule has 0 amide bonds. The molecule has 1 unspecified atom stereocenters. The van der Waals surface area contributed by atoms with E-state index >= 15 is 0 Å². The van der Waals surface area contributed by atoms with E-state index < -0.39 is 0 Å². The van der Waals surface area contributed by atoms with E-state index in [-0.39, 0.29) is 11.5 Å². The van der Waals surface area contributed by atoms with Gasteiger partial charge < -0.3 is 10.5 Å². The fraction of sp³-hybridized carbons (Fsp3) is 0.538. The van der Waals surface area contributed by atoms with Crippen molar-refractivity contribution in [2.24, 2.45) is 5.73 Å². The lowest BCUT2D eigenvalue weighted by Gasteiger charge is -2.24. The Bertz CT molecular complexity index is 411. The number of benzene rings is 1. The van der Waals surface area contributed by atoms with Gasteiger partial charge in [0.25, 0.3) is 0 Å². The van der Waals surface area contributed by atoms with E-state index in [0.29, 0.717) is 0 Å². The maximum Gasteiger partial charge on any atom is 0.127 e. The Morgan fingerprint density at radius 1 is 1.44 bits per heavy atom. The van der Waals surface area contributed by atoms with Crippen molar-refractivity contribution in [3.05, 3.63) is 28.3 Å². The number of rotatable bonds is 3. The summed E-state index contributed by atoms with van der Waals surface area (Å²) in [5.41, 5.74) is 8.35. The van der Waals surface area contributed by atoms with E-state index in [0.717, 1.165) is 34.7 Å². The molecular weight excluding hydrogens is 222 g/mol. The van der Waals surface area contributed by atoms with Gasteiger partial charge in [-0.15, -0.1) is 0 Å². The van der Waals surface area contributed by atoms with Gasteiger partial charge in [-0.1, -0.05) is 17.7 Å². The molecule has 2 rings (SSSR count). The molecule has 0 aromatic heterocycles. The van der Waals surface area contributed by atoms with Gasteiger partial charge in [-0.3, -0.25) is 0 Å². The van der Waals surface area contributed by atoms with Gasteiger partial charge >= 0.3 is 0 Å². The molecule has 0 saturated heterocycles. The summed E-state index contributed by atoms with van der Waals surface area (Å²) in [4.78, 5) is 0. The number of ether oxygens (including phenoxy) is 1. The lowest BCUT2D eigenvalue weighted by Crippen LogP contribution is -2.32. The van der Waals surface area contributed by atoms with Crippen LogP contribution < -0.4 is 10.5 Å². The van der Waals surface area contributed by atoms with E-state index in [4.69, 9.17) is 22.1 Å². The molecule has 1 atom stereocenters. The van der Waals surface area contributed by atoms with Crippen molar-refractivity contribution >= 4 is 11.6 Å². The van der Waals surface area contributed by atoms with Crippen LogP contribution >= 0.6 is 11.6 Å². The van der Waals surface area contributed by atoms with Gasteiger partial charge in [0.2, 0.25) is 0 Å². The van der Waals surface area contributed by atoms with Crippen LogP contribution in [0.1, 0.15) is 30.9 Å². The monoisotopic (exact) mass is 239 g/mol. The second kappa shape index (κ2) is 3.94. The molecule has 2 nitrogen and oxygen atoms in total. The molecule has 0 radical (unpaired) electrons. The summed E-state index contributed by atoms with van der Waals surface area (Å²) in [7, 11) is 1.69. The van der Waals surface area contributed by atoms with Gasteiger partial charge in [0.1, 0.15) is 5.75 Å². The third-order valence-electron chi connectivity index (χ3n) is 3.67. The van der Waals surface area contributed by atoms with Crippen molar-refractivity contribution < 1.29 is 4.74 Å². The summed E-state index contributed by atoms with van der Waals surface area (Å²) < 4.78 is 5.49. The number of hydrogen-bond acceptors (Lipinski definition) is 2. The van der Waals surface area contributed by atoms with Crippen molar-refractivity contribution in [2.45, 2.75) is 38.1 Å². The summed E-state index contributed by atoms with van der Waals surface area (Å²) in [5, 5.41) is 0.775. The lowest BCUT2D eigenvalue weighted by molar-refractivity contribution is 0.395. The summed E-state index contributed by atoms with van der Waals surface area (Å²) in [6, 6.07) is 4.04. The molecule has 16 heavy (non-hydrogen) atoms. The minimum absolute atomic E-state index is 0.0362. The molecule has 3 heteroatoms. The molecule has 0 spiro atoms. The van der Waals surface area contributed by atoms with Crippen LogP contribution in [0.3, 0.4) is 0 Å². The van der Waals surface area contributed by atoms with Crippen LogP contribution in [0.4, 0.5) is 0 Å². The Labute approximate surface area is 102 Å². The largest absolute Gasteiger partial charge is 0.496 e. The van der Waals surface area contributed by atoms with Gasteiger partial charge in [-0.2, -0.15) is 0 Å². The van der Waals surface area contributed by atoms with Crippen LogP contribution in [-0.2, 0) is 5.41 Å². The molecule has 88 valence electrons. The zero-order valence-corrected chi connectivity index (χ0v) is 10.8. The second-order valence-corrected chi connectivity index (χ2v) is 5.12. The molecule has 2 N–H and O–H groups in total. The van der Waals surface area contributed by atoms with Crippen LogP contribution in [0, 0.1) is 6.92 Å². The second-order valence-electron chi connectivity index (χ2n) is 4.72. The van der Waals surface area contributed by atoms with E-state index in [9.17, 15) is 0 Å². The van der Waals surface area contributed by atoms with Crippen LogP contribution in [0.2, 0.25) is 5.02 Å². The number of hydrogen-bond donors (Lipinski definition) is 1. The molecular formula is C13H18ClNO. The van der Waals surface area contributed by atoms with Crippen molar-refractivity contribution in [3.63, 3.8) is 0 Å². The van der Waals surface area contributed by atoms with E-state index in [1.54, 1.807) is 7.11 Å². The number of halogens is 1. The molecule has 1 saturated carbocycles. The average molecular weight is 240 g/mol. The Morgan fingerprint density at radius 3 is 2.50 bits per heavy atom. The first-order valence-electron chi connectivity index (χ1n) is 5.62. The molecule has 1 aliphatic carbocycles. The molecule has 0 heterocycles. The van der Waals surface area contributed by atoms with Gasteiger partial charge in [0.15, 0.2) is 0 Å². The zero-order chi connectivity index (χ0) is 11.9. The highest BCUT2D eigenvalue weighted by atomic mass is 35.5. The van der Waals surface area contributed by atoms with Crippen molar-refractivity contribution in [1.82, 2.24) is 0 Å². The maximum atomic E-state index is 6.31. The fourth-order valence-electron chi connectivity index (χ4n) is 2.46. The zero-order valence-electron chi connectivity index (χ0n) is 10.0. The third-order valence-corrected chi connectivity index (χ3v) is 3.98. The van der Waals surface area contributed by atoms with E-state index in [2.05, 4.69) is 0 Å². The molecule has 1 aliphatic rings. The first kappa shape index (κ1) is 11.7. The van der Waals surface area contributed by atoms with Crippen LogP contribution in [0.25, 0.3) is 0 Å². The Hall–Kier alpha value is -0.730. The van der Waals surface area contributed by atoms with Gasteiger partial charge in [-0.25, -0.2) is 0 Å². The minimum Gasteiger partial charge on any atom is -0.496 e. The van der Waals surface area contributed by atoms with Crippen LogP contribution in [0.15, 0.2) is 12.1 Å². The first-order valence-corrected chi connectivity index (χ1v) is 6.00. The average Bonchev–Trinajstić information content (AvgIpc) is 3.02. The van der Waals surface area contributed by atoms with E-state index in [1.807, 2.05) is 26.0 Å². The number of methoxy groups -OCH3 is 1. The number of nitrogens with two attached hydrogens (primary N) is 1. The molecule has 1 fully saturated rings. The fourth-order valence-corrected chi connectivity index (χ4v) is 2.79. The normalized spacial score (nSPS) is 19.3. The van der Waals surface area contributed by atoms with Crippen LogP contribution in [0.5, 0.6) is 5.75 Å². The summed E-state index contributed by atoms with van der Waals surface area (Å²) >= 11 is 6.31. The van der Waals surface area contributed by atoms with Crippen LogP contribution in [-0.4, -0.2) is 13.2 Å². The summed E-state index contributed by atoms with van der Waals surface area (Å²) in [6.07, 6.45) is 2.20. The van der Waals surface area contributed by atoms with Crippen molar-refractivity contribution in [3.8, 4) is 5.75 Å². The first-order chi connectivity index (χ1) is 7.53. The van der Waals surface area contributed by atoms with Gasteiger partial charge in [-0.05, 0) is 38.3 Å². The predicted octanol–water partition coefficient (Wildman–Crippen LogP) is 3.04. The van der Waals surface area contributed by atoms with E-state index in [1.165, 1.54) is 0 Å². The standard InChI is InChI=1S/C13H18ClNO/c1-8-4-5-10(14)11(12(8)16-3)13(6-7-13)9(2)15/h4-5,9H,6-7,15H2,1-3H3. The third kappa shape index (κ3) is 1.61. The quantitative estimate of drug-likeness (QED) is 0.880. The Morgan fingerprint density at radius 2 is 2.06 bits per heavy atom. The van der Waals surface area contributed by atoms with Crippen molar-refractivity contribution in [2.75, 3.05) is 7.11 Å². The predicted molar refractivity (Wildman–Crippen MR) is 67.3 cm³/mol. The van der Waals surface area contributed by atoms with Gasteiger partial charge in [0.05, 0.1) is 7.11 Å². The Kier molecular flexibility index (Phi) is 2.89. The minimum atomic E-state index is 0.0362. The lowest BCUT2D eigenvalue weighted by atomic mass is 9.87. The SMILES string of the molecule is COc1c(C)ccc(Cl)c1C1(C(C)N)CC1. The highest BCUT2D eigenvalue weighted by molar-refractivity contribution is 6.31. The van der Waals surface area contributed by atoms with Crippen molar-refractivity contribution in [1.29, 1.82) is 0 Å². The highest BCUT2D eigenvalue weighted by Crippen LogP contribution is 2.55. The molecule has 1 aromatic carbocycles. The highest BCUT2D eigenvalue weighted by Gasteiger charge is 2.50. The van der Waals surface area contributed by atoms with Gasteiger partial charge in [0, 0.05) is 22.0 Å². The summed E-state index contributed by atoms with van der Waals surface area (Å²) in [5.74, 6) is 0.905. The number of aryl methyl sites for hydroxylation is 1. The molecule has 1 aromatic rings. The molecule has 0 aliphatic heterocycles. The topological polar surface area (TPSA) is 35.2 Å². The smallest absolute Gasteiger partial charge is 0.127 e. The maximum absolute atomic E-state index is 6.31. The summed E-state index contributed by atoms with van der Waals surface area (Å²) in [6.45, 7) is 4.08.